The number of carboxylic acid groups (broad SMARTS) is 1. The maximum atomic E-state index is 13.1. The molecule has 0 spiro atoms. The summed E-state index contributed by atoms with van der Waals surface area (Å²) in [5.74, 6) is -2.04. The van der Waals surface area contributed by atoms with Gasteiger partial charge in [0.25, 0.3) is 11.8 Å². The molecule has 3 rings (SSSR count). The normalized spacial score (nSPS) is 20.3. The van der Waals surface area contributed by atoms with Gasteiger partial charge in [-0.1, -0.05) is 49.0 Å². The molecule has 0 saturated carbocycles. The van der Waals surface area contributed by atoms with Crippen LogP contribution in [0.4, 0.5) is 0 Å². The molecule has 0 radical (unpaired) electrons. The van der Waals surface area contributed by atoms with Crippen molar-refractivity contribution >= 4 is 63.9 Å². The Bertz CT molecular complexity index is 999. The molecular formula is C21H22N2O7S3. The second-order valence-corrected chi connectivity index (χ2v) is 10.00. The lowest BCUT2D eigenvalue weighted by Crippen LogP contribution is -2.71. The smallest absolute Gasteiger partial charge is 0.352 e. The number of hydrogen-bond acceptors (Lipinski definition) is 9. The largest absolute Gasteiger partial charge is 0.477 e. The number of hydrogen-bond donors (Lipinski definition) is 2. The van der Waals surface area contributed by atoms with E-state index >= 15 is 0 Å². The zero-order valence-corrected chi connectivity index (χ0v) is 20.3. The lowest BCUT2D eigenvalue weighted by atomic mass is 10.0. The van der Waals surface area contributed by atoms with Crippen molar-refractivity contribution in [3.05, 3.63) is 47.2 Å². The zero-order chi connectivity index (χ0) is 24.1. The van der Waals surface area contributed by atoms with E-state index in [0.29, 0.717) is 16.9 Å². The van der Waals surface area contributed by atoms with Crippen LogP contribution in [-0.2, 0) is 28.7 Å². The first-order valence-corrected chi connectivity index (χ1v) is 12.4. The standard InChI is InChI=1S/C21H22N2O7S3/c1-3-32-21(31)30-16(12-7-5-4-6-8-12)17(25)22-14-18(26)23-15(20(27)28)13(9-29-11(2)24)10-33-19(14)23/h4-8,14,16,19H,3,9-10H2,1-2H3,(H,22,25)(H,27,28). The van der Waals surface area contributed by atoms with Gasteiger partial charge in [-0.2, -0.15) is 0 Å². The average Bonchev–Trinajstić information content (AvgIpc) is 2.79. The summed E-state index contributed by atoms with van der Waals surface area (Å²) in [6.45, 7) is 2.91. The fourth-order valence-corrected chi connectivity index (χ4v) is 5.54. The average molecular weight is 511 g/mol. The van der Waals surface area contributed by atoms with E-state index in [0.717, 1.165) is 4.90 Å². The van der Waals surface area contributed by atoms with Gasteiger partial charge in [0.1, 0.15) is 23.7 Å². The number of carboxylic acids is 1. The number of thioether (sulfide) groups is 2. The molecule has 1 aromatic carbocycles. The van der Waals surface area contributed by atoms with Crippen LogP contribution >= 0.6 is 35.7 Å². The zero-order valence-electron chi connectivity index (χ0n) is 17.8. The predicted molar refractivity (Wildman–Crippen MR) is 127 cm³/mol. The lowest BCUT2D eigenvalue weighted by Gasteiger charge is -2.49. The summed E-state index contributed by atoms with van der Waals surface area (Å²) in [5.41, 5.74) is 0.681. The van der Waals surface area contributed by atoms with Crippen LogP contribution in [0, 0.1) is 0 Å². The Kier molecular flexibility index (Phi) is 8.38. The number of fused-ring (bicyclic) bond motifs is 1. The number of aliphatic carboxylic acids is 1. The molecule has 9 nitrogen and oxygen atoms in total. The van der Waals surface area contributed by atoms with Crippen molar-refractivity contribution < 1.29 is 33.8 Å². The third-order valence-corrected chi connectivity index (χ3v) is 7.22. The summed E-state index contributed by atoms with van der Waals surface area (Å²) in [6, 6.07) is 7.85. The van der Waals surface area contributed by atoms with Crippen molar-refractivity contribution in [1.29, 1.82) is 0 Å². The molecule has 0 bridgehead atoms. The first-order chi connectivity index (χ1) is 15.7. The Morgan fingerprint density at radius 2 is 2.03 bits per heavy atom. The summed E-state index contributed by atoms with van der Waals surface area (Å²) >= 11 is 7.76. The van der Waals surface area contributed by atoms with Crippen molar-refractivity contribution in [3.63, 3.8) is 0 Å². The molecule has 2 N–H and O–H groups in total. The Balaban J connectivity index is 1.76. The van der Waals surface area contributed by atoms with Crippen LogP contribution in [0.25, 0.3) is 0 Å². The first kappa shape index (κ1) is 25.1. The van der Waals surface area contributed by atoms with Crippen molar-refractivity contribution in [2.45, 2.75) is 31.4 Å². The van der Waals surface area contributed by atoms with E-state index in [1.807, 2.05) is 6.92 Å². The number of β-lactam (4-membered cyclic amide) rings is 1. The van der Waals surface area contributed by atoms with Gasteiger partial charge in [-0.3, -0.25) is 19.3 Å². The third-order valence-electron chi connectivity index (χ3n) is 4.81. The number of thiocarbonyl (C=S) groups is 1. The number of amides is 2. The summed E-state index contributed by atoms with van der Waals surface area (Å²) in [7, 11) is 0. The van der Waals surface area contributed by atoms with Gasteiger partial charge in [-0.05, 0) is 18.0 Å². The number of ether oxygens (including phenoxy) is 2. The Morgan fingerprint density at radius 1 is 1.33 bits per heavy atom. The van der Waals surface area contributed by atoms with Gasteiger partial charge >= 0.3 is 11.9 Å². The minimum atomic E-state index is -1.30. The number of carbonyl (C=O) groups excluding carboxylic acids is 3. The van der Waals surface area contributed by atoms with Gasteiger partial charge in [0.15, 0.2) is 0 Å². The quantitative estimate of drug-likeness (QED) is 0.305. The Hall–Kier alpha value is -2.57. The van der Waals surface area contributed by atoms with E-state index in [9.17, 15) is 24.3 Å². The number of esters is 1. The highest BCUT2D eigenvalue weighted by Gasteiger charge is 2.54. The molecule has 3 atom stereocenters. The van der Waals surface area contributed by atoms with E-state index in [1.165, 1.54) is 30.4 Å². The fraction of sp³-hybridized carbons (Fsp3) is 0.381. The summed E-state index contributed by atoms with van der Waals surface area (Å²) in [5, 5.41) is 11.7. The van der Waals surface area contributed by atoms with E-state index in [2.05, 4.69) is 5.32 Å². The Labute approximate surface area is 204 Å². The van der Waals surface area contributed by atoms with Gasteiger partial charge in [-0.15, -0.1) is 11.8 Å². The maximum absolute atomic E-state index is 13.1. The summed E-state index contributed by atoms with van der Waals surface area (Å²) in [6.07, 6.45) is -1.05. The number of nitrogens with zero attached hydrogens (tertiary/aromatic N) is 1. The molecule has 3 unspecified atom stereocenters. The van der Waals surface area contributed by atoms with Crippen LogP contribution in [0.1, 0.15) is 25.5 Å². The molecule has 2 amide bonds. The fourth-order valence-electron chi connectivity index (χ4n) is 3.36. The van der Waals surface area contributed by atoms with Crippen LogP contribution in [-0.4, -0.2) is 67.7 Å². The van der Waals surface area contributed by atoms with Crippen molar-refractivity contribution in [1.82, 2.24) is 10.2 Å². The molecule has 33 heavy (non-hydrogen) atoms. The SMILES string of the molecule is CCSC(=S)OC(C(=O)NC1C(=O)N2C(C(=O)O)=C(COC(C)=O)CSC12)c1ccccc1. The number of rotatable bonds is 8. The van der Waals surface area contributed by atoms with Gasteiger partial charge < -0.3 is 19.9 Å². The number of carbonyl (C=O) groups is 4. The van der Waals surface area contributed by atoms with E-state index in [-0.39, 0.29) is 22.4 Å². The molecule has 12 heteroatoms. The molecule has 1 aromatic rings. The van der Waals surface area contributed by atoms with Gasteiger partial charge in [0.05, 0.1) is 0 Å². The molecular weight excluding hydrogens is 488 g/mol. The van der Waals surface area contributed by atoms with Crippen LogP contribution in [0.3, 0.4) is 0 Å². The highest BCUT2D eigenvalue weighted by molar-refractivity contribution is 8.22. The number of nitrogens with one attached hydrogen (secondary N) is 1. The van der Waals surface area contributed by atoms with Crippen molar-refractivity contribution in [3.8, 4) is 0 Å². The van der Waals surface area contributed by atoms with Crippen LogP contribution in [0.2, 0.25) is 0 Å². The minimum absolute atomic E-state index is 0.210. The summed E-state index contributed by atoms with van der Waals surface area (Å²) < 4.78 is 10.8. The molecule has 176 valence electrons. The van der Waals surface area contributed by atoms with Crippen LogP contribution in [0.15, 0.2) is 41.6 Å². The van der Waals surface area contributed by atoms with Gasteiger partial charge in [-0.25, -0.2) is 4.79 Å². The topological polar surface area (TPSA) is 122 Å². The molecule has 1 fully saturated rings. The predicted octanol–water partition coefficient (Wildman–Crippen LogP) is 2.08. The minimum Gasteiger partial charge on any atom is -0.477 e. The second-order valence-electron chi connectivity index (χ2n) is 7.03. The lowest BCUT2D eigenvalue weighted by molar-refractivity contribution is -0.151. The van der Waals surface area contributed by atoms with Gasteiger partial charge in [0, 0.05) is 23.8 Å². The highest BCUT2D eigenvalue weighted by atomic mass is 32.2. The summed E-state index contributed by atoms with van der Waals surface area (Å²) in [4.78, 5) is 50.0. The van der Waals surface area contributed by atoms with Crippen LogP contribution < -0.4 is 5.32 Å². The molecule has 2 aliphatic rings. The molecule has 2 heterocycles. The van der Waals surface area contributed by atoms with Gasteiger partial charge in [0.2, 0.25) is 10.5 Å². The van der Waals surface area contributed by atoms with Crippen molar-refractivity contribution in [2.75, 3.05) is 18.1 Å². The third kappa shape index (κ3) is 5.68. The van der Waals surface area contributed by atoms with Crippen molar-refractivity contribution in [2.24, 2.45) is 0 Å². The maximum Gasteiger partial charge on any atom is 0.352 e. The monoisotopic (exact) mass is 510 g/mol. The highest BCUT2D eigenvalue weighted by Crippen LogP contribution is 2.40. The molecule has 2 aliphatic heterocycles. The Morgan fingerprint density at radius 3 is 2.64 bits per heavy atom. The number of benzene rings is 1. The van der Waals surface area contributed by atoms with E-state index in [1.54, 1.807) is 30.3 Å². The molecule has 0 aromatic heterocycles. The second kappa shape index (κ2) is 11.0. The van der Waals surface area contributed by atoms with Crippen LogP contribution in [0.5, 0.6) is 0 Å². The molecule has 1 saturated heterocycles. The molecule has 0 aliphatic carbocycles. The van der Waals surface area contributed by atoms with E-state index < -0.39 is 41.3 Å². The van der Waals surface area contributed by atoms with E-state index in [4.69, 9.17) is 21.7 Å². The first-order valence-electron chi connectivity index (χ1n) is 9.96.